The van der Waals surface area contributed by atoms with Crippen LogP contribution in [0.5, 0.6) is 0 Å². The molecule has 0 N–H and O–H groups in total. The van der Waals surface area contributed by atoms with Gasteiger partial charge < -0.3 is 9.47 Å². The van der Waals surface area contributed by atoms with E-state index in [0.29, 0.717) is 11.9 Å². The summed E-state index contributed by atoms with van der Waals surface area (Å²) >= 11 is 5.97. The predicted octanol–water partition coefficient (Wildman–Crippen LogP) is 3.61. The highest BCUT2D eigenvalue weighted by Crippen LogP contribution is 2.23. The van der Waals surface area contributed by atoms with Crippen molar-refractivity contribution in [1.82, 2.24) is 14.5 Å². The van der Waals surface area contributed by atoms with Crippen molar-refractivity contribution in [2.45, 2.75) is 45.2 Å². The van der Waals surface area contributed by atoms with Gasteiger partial charge >= 0.3 is 0 Å². The maximum Gasteiger partial charge on any atom is 0.111 e. The summed E-state index contributed by atoms with van der Waals surface area (Å²) in [4.78, 5) is 7.29. The van der Waals surface area contributed by atoms with Crippen LogP contribution >= 0.6 is 11.6 Å². The van der Waals surface area contributed by atoms with E-state index >= 15 is 0 Å². The minimum Gasteiger partial charge on any atom is -0.326 e. The molecule has 0 amide bonds. The van der Waals surface area contributed by atoms with Crippen LogP contribution in [0, 0.1) is 6.92 Å². The second-order valence-electron chi connectivity index (χ2n) is 6.20. The Morgan fingerprint density at radius 2 is 2.19 bits per heavy atom. The topological polar surface area (TPSA) is 21.1 Å². The summed E-state index contributed by atoms with van der Waals surface area (Å²) < 4.78 is 2.40. The van der Waals surface area contributed by atoms with E-state index in [0.717, 1.165) is 24.3 Å². The van der Waals surface area contributed by atoms with Crippen LogP contribution in [0.25, 0.3) is 11.0 Å². The number of piperidine rings is 1. The lowest BCUT2D eigenvalue weighted by molar-refractivity contribution is 0.167. The number of likely N-dealkylation sites (tertiary alicyclic amines) is 1. The average Bonchev–Trinajstić information content (AvgIpc) is 2.79. The van der Waals surface area contributed by atoms with Gasteiger partial charge in [-0.15, -0.1) is 11.6 Å². The van der Waals surface area contributed by atoms with E-state index in [1.54, 1.807) is 0 Å². The first-order valence-electron chi connectivity index (χ1n) is 7.91. The number of aromatic nitrogens is 2. The van der Waals surface area contributed by atoms with Gasteiger partial charge in [0.2, 0.25) is 0 Å². The van der Waals surface area contributed by atoms with E-state index in [4.69, 9.17) is 16.6 Å². The minimum absolute atomic E-state index is 0.616. The zero-order valence-electron chi connectivity index (χ0n) is 13.0. The van der Waals surface area contributed by atoms with Crippen molar-refractivity contribution in [3.63, 3.8) is 0 Å². The predicted molar refractivity (Wildman–Crippen MR) is 89.2 cm³/mol. The summed E-state index contributed by atoms with van der Waals surface area (Å²) in [7, 11) is 2.25. The fourth-order valence-electron chi connectivity index (χ4n) is 3.35. The number of benzene rings is 1. The largest absolute Gasteiger partial charge is 0.326 e. The molecule has 1 aliphatic heterocycles. The molecule has 1 atom stereocenters. The van der Waals surface area contributed by atoms with Gasteiger partial charge in [-0.05, 0) is 51.1 Å². The molecule has 0 saturated carbocycles. The summed E-state index contributed by atoms with van der Waals surface area (Å²) in [6, 6.07) is 7.13. The normalized spacial score (nSPS) is 20.2. The van der Waals surface area contributed by atoms with Gasteiger partial charge in [0.05, 0.1) is 11.0 Å². The third-order valence-electron chi connectivity index (χ3n) is 4.62. The highest BCUT2D eigenvalue weighted by molar-refractivity contribution is 6.17. The molecule has 1 unspecified atom stereocenters. The summed E-state index contributed by atoms with van der Waals surface area (Å²) in [5.74, 6) is 1.76. The Hall–Kier alpha value is -1.06. The van der Waals surface area contributed by atoms with Gasteiger partial charge in [0.15, 0.2) is 0 Å². The van der Waals surface area contributed by atoms with E-state index in [-0.39, 0.29) is 0 Å². The van der Waals surface area contributed by atoms with Gasteiger partial charge in [-0.2, -0.15) is 0 Å². The SMILES string of the molecule is Cc1ccc2nc(CCCl)n(CC3CCCCN3C)c2c1. The fourth-order valence-corrected chi connectivity index (χ4v) is 3.52. The lowest BCUT2D eigenvalue weighted by atomic mass is 10.0. The zero-order chi connectivity index (χ0) is 14.8. The number of likely N-dealkylation sites (N-methyl/N-ethyl adjacent to an activating group) is 1. The number of fused-ring (bicyclic) bond motifs is 1. The molecular formula is C17H24ClN3. The fraction of sp³-hybridized carbons (Fsp3) is 0.588. The third-order valence-corrected chi connectivity index (χ3v) is 4.80. The molecule has 3 rings (SSSR count). The second-order valence-corrected chi connectivity index (χ2v) is 6.58. The molecule has 1 fully saturated rings. The van der Waals surface area contributed by atoms with Gasteiger partial charge in [-0.25, -0.2) is 4.98 Å². The molecule has 2 aromatic rings. The second kappa shape index (κ2) is 6.37. The molecule has 1 aliphatic rings. The quantitative estimate of drug-likeness (QED) is 0.805. The highest BCUT2D eigenvalue weighted by Gasteiger charge is 2.21. The first kappa shape index (κ1) is 14.9. The summed E-state index contributed by atoms with van der Waals surface area (Å²) in [5.41, 5.74) is 3.64. The molecule has 1 aromatic carbocycles. The lowest BCUT2D eigenvalue weighted by Crippen LogP contribution is -2.39. The van der Waals surface area contributed by atoms with Gasteiger partial charge in [-0.3, -0.25) is 0 Å². The van der Waals surface area contributed by atoms with Gasteiger partial charge in [0.25, 0.3) is 0 Å². The Morgan fingerprint density at radius 1 is 1.33 bits per heavy atom. The Kier molecular flexibility index (Phi) is 4.51. The first-order chi connectivity index (χ1) is 10.2. The number of hydrogen-bond donors (Lipinski definition) is 0. The van der Waals surface area contributed by atoms with Crippen LogP contribution in [0.1, 0.15) is 30.7 Å². The first-order valence-corrected chi connectivity index (χ1v) is 8.44. The van der Waals surface area contributed by atoms with Crippen LogP contribution in [-0.2, 0) is 13.0 Å². The van der Waals surface area contributed by atoms with Crippen LogP contribution in [0.4, 0.5) is 0 Å². The maximum atomic E-state index is 5.97. The molecule has 1 aromatic heterocycles. The Labute approximate surface area is 131 Å². The van der Waals surface area contributed by atoms with Crippen LogP contribution < -0.4 is 0 Å². The van der Waals surface area contributed by atoms with Crippen molar-refractivity contribution in [3.8, 4) is 0 Å². The van der Waals surface area contributed by atoms with E-state index in [1.165, 1.54) is 36.9 Å². The molecule has 21 heavy (non-hydrogen) atoms. The number of halogens is 1. The van der Waals surface area contributed by atoms with Crippen molar-refractivity contribution >= 4 is 22.6 Å². The molecule has 0 spiro atoms. The number of aryl methyl sites for hydroxylation is 2. The Bertz CT molecular complexity index is 620. The molecule has 0 bridgehead atoms. The number of nitrogens with zero attached hydrogens (tertiary/aromatic N) is 3. The van der Waals surface area contributed by atoms with Crippen molar-refractivity contribution < 1.29 is 0 Å². The number of hydrogen-bond acceptors (Lipinski definition) is 2. The Morgan fingerprint density at radius 3 is 2.95 bits per heavy atom. The smallest absolute Gasteiger partial charge is 0.111 e. The van der Waals surface area contributed by atoms with Crippen molar-refractivity contribution in [3.05, 3.63) is 29.6 Å². The highest BCUT2D eigenvalue weighted by atomic mass is 35.5. The molecule has 3 nitrogen and oxygen atoms in total. The van der Waals surface area contributed by atoms with Crippen molar-refractivity contribution in [2.75, 3.05) is 19.5 Å². The summed E-state index contributed by atoms with van der Waals surface area (Å²) in [5, 5.41) is 0. The zero-order valence-corrected chi connectivity index (χ0v) is 13.7. The maximum absolute atomic E-state index is 5.97. The molecule has 0 aliphatic carbocycles. The van der Waals surface area contributed by atoms with E-state index in [2.05, 4.69) is 41.6 Å². The monoisotopic (exact) mass is 305 g/mol. The molecule has 4 heteroatoms. The number of imidazole rings is 1. The van der Waals surface area contributed by atoms with Crippen LogP contribution in [0.15, 0.2) is 18.2 Å². The van der Waals surface area contributed by atoms with Gasteiger partial charge in [0, 0.05) is 24.9 Å². The summed E-state index contributed by atoms with van der Waals surface area (Å²) in [6.07, 6.45) is 4.78. The van der Waals surface area contributed by atoms with E-state index in [1.807, 2.05) is 0 Å². The van der Waals surface area contributed by atoms with E-state index < -0.39 is 0 Å². The average molecular weight is 306 g/mol. The molecule has 2 heterocycles. The summed E-state index contributed by atoms with van der Waals surface area (Å²) in [6.45, 7) is 4.38. The van der Waals surface area contributed by atoms with Gasteiger partial charge in [-0.1, -0.05) is 12.5 Å². The Balaban J connectivity index is 1.97. The molecule has 0 radical (unpaired) electrons. The number of alkyl halides is 1. The van der Waals surface area contributed by atoms with Crippen molar-refractivity contribution in [1.29, 1.82) is 0 Å². The van der Waals surface area contributed by atoms with Crippen LogP contribution in [0.2, 0.25) is 0 Å². The third kappa shape index (κ3) is 3.09. The lowest BCUT2D eigenvalue weighted by Gasteiger charge is -2.33. The van der Waals surface area contributed by atoms with Crippen LogP contribution in [-0.4, -0.2) is 40.0 Å². The van der Waals surface area contributed by atoms with Crippen LogP contribution in [0.3, 0.4) is 0 Å². The van der Waals surface area contributed by atoms with Crippen molar-refractivity contribution in [2.24, 2.45) is 0 Å². The van der Waals surface area contributed by atoms with Gasteiger partial charge in [0.1, 0.15) is 5.82 Å². The van der Waals surface area contributed by atoms with E-state index in [9.17, 15) is 0 Å². The minimum atomic E-state index is 0.616. The molecule has 114 valence electrons. The number of rotatable bonds is 4. The standard InChI is InChI=1S/C17H24ClN3/c1-13-6-7-15-16(11-13)21(17(19-15)8-9-18)12-14-5-3-4-10-20(14)2/h6-7,11,14H,3-5,8-10,12H2,1-2H3. The molecule has 1 saturated heterocycles. The molecular weight excluding hydrogens is 282 g/mol.